The van der Waals surface area contributed by atoms with Crippen molar-refractivity contribution in [1.82, 2.24) is 0 Å². The van der Waals surface area contributed by atoms with E-state index in [1.807, 2.05) is 24.3 Å². The average Bonchev–Trinajstić information content (AvgIpc) is 2.54. The second-order valence-corrected chi connectivity index (χ2v) is 5.47. The van der Waals surface area contributed by atoms with Crippen molar-refractivity contribution in [3.8, 4) is 11.5 Å². The molecule has 2 aromatic rings. The monoisotopic (exact) mass is 317 g/mol. The number of nitrogens with zero attached hydrogens (tertiary/aromatic N) is 1. The quantitative estimate of drug-likeness (QED) is 0.871. The number of benzene rings is 2. The van der Waals surface area contributed by atoms with Gasteiger partial charge in [0.2, 0.25) is 5.91 Å². The lowest BCUT2D eigenvalue weighted by Gasteiger charge is -2.29. The Morgan fingerprint density at radius 2 is 2.18 bits per heavy atom. The van der Waals surface area contributed by atoms with E-state index in [2.05, 4.69) is 0 Å². The van der Waals surface area contributed by atoms with Crippen molar-refractivity contribution < 1.29 is 14.3 Å². The Labute approximate surface area is 134 Å². The second kappa shape index (κ2) is 6.28. The van der Waals surface area contributed by atoms with Gasteiger partial charge in [0.1, 0.15) is 18.1 Å². The number of rotatable bonds is 3. The van der Waals surface area contributed by atoms with Crippen LogP contribution in [0.25, 0.3) is 0 Å². The van der Waals surface area contributed by atoms with Crippen LogP contribution < -0.4 is 14.4 Å². The van der Waals surface area contributed by atoms with Gasteiger partial charge in [0.15, 0.2) is 0 Å². The first-order valence-electron chi connectivity index (χ1n) is 7.03. The van der Waals surface area contributed by atoms with Crippen molar-refractivity contribution in [2.75, 3.05) is 25.2 Å². The molecule has 0 N–H and O–H groups in total. The number of methoxy groups -OCH3 is 1. The lowest BCUT2D eigenvalue weighted by molar-refractivity contribution is -0.118. The maximum absolute atomic E-state index is 12.6. The lowest BCUT2D eigenvalue weighted by Crippen LogP contribution is -2.38. The number of carbonyl (C=O) groups is 1. The third kappa shape index (κ3) is 3.02. The Bertz CT molecular complexity index is 702. The molecule has 2 aromatic carbocycles. The molecule has 0 unspecified atom stereocenters. The van der Waals surface area contributed by atoms with E-state index in [4.69, 9.17) is 21.1 Å². The van der Waals surface area contributed by atoms with E-state index in [0.29, 0.717) is 30.3 Å². The van der Waals surface area contributed by atoms with Crippen molar-refractivity contribution in [2.45, 2.75) is 6.42 Å². The molecule has 0 aromatic heterocycles. The minimum absolute atomic E-state index is 0.0140. The molecule has 1 amide bonds. The maximum Gasteiger partial charge on any atom is 0.231 e. The van der Waals surface area contributed by atoms with Crippen LogP contribution in [-0.2, 0) is 11.2 Å². The fraction of sp³-hybridized carbons (Fsp3) is 0.235. The number of carbonyl (C=O) groups excluding carboxylic acids is 1. The van der Waals surface area contributed by atoms with Crippen molar-refractivity contribution in [1.29, 1.82) is 0 Å². The van der Waals surface area contributed by atoms with Crippen LogP contribution in [0.3, 0.4) is 0 Å². The fourth-order valence-corrected chi connectivity index (χ4v) is 2.67. The van der Waals surface area contributed by atoms with Crippen LogP contribution in [0.15, 0.2) is 42.5 Å². The summed E-state index contributed by atoms with van der Waals surface area (Å²) in [6.45, 7) is 1.01. The Balaban J connectivity index is 1.83. The Kier molecular flexibility index (Phi) is 4.20. The molecule has 1 heterocycles. The summed E-state index contributed by atoms with van der Waals surface area (Å²) in [7, 11) is 1.61. The maximum atomic E-state index is 12.6. The summed E-state index contributed by atoms with van der Waals surface area (Å²) in [4.78, 5) is 14.4. The normalized spacial score (nSPS) is 13.3. The summed E-state index contributed by atoms with van der Waals surface area (Å²) < 4.78 is 10.8. The summed E-state index contributed by atoms with van der Waals surface area (Å²) in [5, 5.41) is 0.587. The lowest BCUT2D eigenvalue weighted by atomic mass is 10.1. The number of hydrogen-bond donors (Lipinski definition) is 0. The molecule has 0 bridgehead atoms. The zero-order valence-corrected chi connectivity index (χ0v) is 13.0. The summed E-state index contributed by atoms with van der Waals surface area (Å²) in [6.07, 6.45) is 0.309. The number of hydrogen-bond acceptors (Lipinski definition) is 3. The van der Waals surface area contributed by atoms with E-state index in [9.17, 15) is 4.79 Å². The van der Waals surface area contributed by atoms with Crippen LogP contribution in [0.4, 0.5) is 5.69 Å². The van der Waals surface area contributed by atoms with Crippen LogP contribution in [0.2, 0.25) is 5.02 Å². The molecule has 0 radical (unpaired) electrons. The Hall–Kier alpha value is -2.20. The fourth-order valence-electron chi connectivity index (χ4n) is 2.50. The molecule has 4 nitrogen and oxygen atoms in total. The number of halogens is 1. The molecule has 114 valence electrons. The van der Waals surface area contributed by atoms with Gasteiger partial charge in [-0.3, -0.25) is 4.79 Å². The van der Waals surface area contributed by atoms with E-state index in [1.165, 1.54) is 0 Å². The molecule has 5 heteroatoms. The average molecular weight is 318 g/mol. The van der Waals surface area contributed by atoms with Crippen molar-refractivity contribution >= 4 is 23.2 Å². The van der Waals surface area contributed by atoms with E-state index in [1.54, 1.807) is 30.2 Å². The summed E-state index contributed by atoms with van der Waals surface area (Å²) in [6, 6.07) is 12.8. The van der Waals surface area contributed by atoms with Crippen LogP contribution in [-0.4, -0.2) is 26.2 Å². The minimum atomic E-state index is 0.0140. The van der Waals surface area contributed by atoms with Crippen molar-refractivity contribution in [3.63, 3.8) is 0 Å². The standard InChI is InChI=1S/C17H16ClNO3/c1-21-14-4-2-3-12(9-14)10-17(20)19-7-8-22-16-6-5-13(18)11-15(16)19/h2-6,9,11H,7-8,10H2,1H3. The molecule has 0 spiro atoms. The molecule has 0 atom stereocenters. The van der Waals surface area contributed by atoms with E-state index in [0.717, 1.165) is 17.0 Å². The van der Waals surface area contributed by atoms with Gasteiger partial charge in [-0.25, -0.2) is 0 Å². The van der Waals surface area contributed by atoms with Crippen LogP contribution in [0, 0.1) is 0 Å². The molecule has 0 saturated heterocycles. The highest BCUT2D eigenvalue weighted by Gasteiger charge is 2.24. The van der Waals surface area contributed by atoms with E-state index in [-0.39, 0.29) is 5.91 Å². The van der Waals surface area contributed by atoms with Crippen molar-refractivity contribution in [2.24, 2.45) is 0 Å². The predicted octanol–water partition coefficient (Wildman–Crippen LogP) is 3.32. The molecular weight excluding hydrogens is 302 g/mol. The summed E-state index contributed by atoms with van der Waals surface area (Å²) in [5.74, 6) is 1.45. The smallest absolute Gasteiger partial charge is 0.231 e. The molecule has 0 aliphatic carbocycles. The van der Waals surface area contributed by atoms with Gasteiger partial charge in [0, 0.05) is 5.02 Å². The first kappa shape index (κ1) is 14.7. The third-order valence-electron chi connectivity index (χ3n) is 3.57. The molecule has 0 fully saturated rings. The number of fused-ring (bicyclic) bond motifs is 1. The van der Waals surface area contributed by atoms with Crippen LogP contribution in [0.5, 0.6) is 11.5 Å². The number of anilines is 1. The minimum Gasteiger partial charge on any atom is -0.497 e. The van der Waals surface area contributed by atoms with Gasteiger partial charge in [-0.15, -0.1) is 0 Å². The molecule has 0 saturated carbocycles. The first-order chi connectivity index (χ1) is 10.7. The Morgan fingerprint density at radius 3 is 3.00 bits per heavy atom. The zero-order chi connectivity index (χ0) is 15.5. The topological polar surface area (TPSA) is 38.8 Å². The highest BCUT2D eigenvalue weighted by atomic mass is 35.5. The molecular formula is C17H16ClNO3. The SMILES string of the molecule is COc1cccc(CC(=O)N2CCOc3ccc(Cl)cc32)c1. The summed E-state index contributed by atoms with van der Waals surface area (Å²) in [5.41, 5.74) is 1.64. The van der Waals surface area contributed by atoms with Gasteiger partial charge in [0.25, 0.3) is 0 Å². The largest absolute Gasteiger partial charge is 0.497 e. The van der Waals surface area contributed by atoms with Gasteiger partial charge in [0.05, 0.1) is 25.8 Å². The first-order valence-corrected chi connectivity index (χ1v) is 7.41. The highest BCUT2D eigenvalue weighted by molar-refractivity contribution is 6.31. The zero-order valence-electron chi connectivity index (χ0n) is 12.2. The van der Waals surface area contributed by atoms with Gasteiger partial charge < -0.3 is 14.4 Å². The number of amides is 1. The third-order valence-corrected chi connectivity index (χ3v) is 3.81. The number of ether oxygens (including phenoxy) is 2. The second-order valence-electron chi connectivity index (χ2n) is 5.03. The Morgan fingerprint density at radius 1 is 1.32 bits per heavy atom. The molecule has 3 rings (SSSR count). The highest BCUT2D eigenvalue weighted by Crippen LogP contribution is 2.34. The van der Waals surface area contributed by atoms with Gasteiger partial charge >= 0.3 is 0 Å². The van der Waals surface area contributed by atoms with E-state index >= 15 is 0 Å². The predicted molar refractivity (Wildman–Crippen MR) is 86.0 cm³/mol. The summed E-state index contributed by atoms with van der Waals surface area (Å²) >= 11 is 6.04. The van der Waals surface area contributed by atoms with Gasteiger partial charge in [-0.05, 0) is 35.9 Å². The molecule has 1 aliphatic heterocycles. The molecule has 1 aliphatic rings. The van der Waals surface area contributed by atoms with Gasteiger partial charge in [-0.1, -0.05) is 23.7 Å². The van der Waals surface area contributed by atoms with Crippen molar-refractivity contribution in [3.05, 3.63) is 53.1 Å². The van der Waals surface area contributed by atoms with Gasteiger partial charge in [-0.2, -0.15) is 0 Å². The van der Waals surface area contributed by atoms with E-state index < -0.39 is 0 Å². The van der Waals surface area contributed by atoms with Crippen LogP contribution >= 0.6 is 11.6 Å². The molecule has 22 heavy (non-hydrogen) atoms. The van der Waals surface area contributed by atoms with Crippen LogP contribution in [0.1, 0.15) is 5.56 Å².